The molecular weight excluding hydrogens is 346 g/mol. The monoisotopic (exact) mass is 377 g/mol. The van der Waals surface area contributed by atoms with Gasteiger partial charge >= 0.3 is 12.1 Å². The summed E-state index contributed by atoms with van der Waals surface area (Å²) in [5, 5.41) is 9.42. The van der Waals surface area contributed by atoms with Crippen molar-refractivity contribution in [1.82, 2.24) is 4.90 Å². The van der Waals surface area contributed by atoms with Crippen LogP contribution in [0.15, 0.2) is 30.3 Å². The van der Waals surface area contributed by atoms with Crippen LogP contribution in [0.1, 0.15) is 53.0 Å². The molecule has 4 atom stereocenters. The number of benzene rings is 1. The lowest BCUT2D eigenvalue weighted by molar-refractivity contribution is -0.139. The van der Waals surface area contributed by atoms with Gasteiger partial charge in [0.1, 0.15) is 5.60 Å². The third-order valence-corrected chi connectivity index (χ3v) is 4.91. The first-order chi connectivity index (χ1) is 12.6. The number of carbonyl (C=O) groups excluding carboxylic acids is 1. The van der Waals surface area contributed by atoms with E-state index in [2.05, 4.69) is 0 Å². The highest BCUT2D eigenvalue weighted by Gasteiger charge is 2.50. The van der Waals surface area contributed by atoms with Crippen LogP contribution < -0.4 is 0 Å². The van der Waals surface area contributed by atoms with Crippen LogP contribution in [0.5, 0.6) is 0 Å². The number of rotatable bonds is 6. The van der Waals surface area contributed by atoms with Crippen molar-refractivity contribution in [3.63, 3.8) is 0 Å². The maximum Gasteiger partial charge on any atom is 0.410 e. The summed E-state index contributed by atoms with van der Waals surface area (Å²) in [5.41, 5.74) is 0.373. The number of nitrogens with zero attached hydrogens (tertiary/aromatic N) is 1. The van der Waals surface area contributed by atoms with Crippen molar-refractivity contribution in [2.45, 2.75) is 77.9 Å². The molecule has 1 aliphatic rings. The molecule has 6 nitrogen and oxygen atoms in total. The average molecular weight is 377 g/mol. The molecule has 1 saturated heterocycles. The fourth-order valence-corrected chi connectivity index (χ4v) is 3.80. The minimum atomic E-state index is -0.953. The summed E-state index contributed by atoms with van der Waals surface area (Å²) in [6.45, 7) is 9.81. The van der Waals surface area contributed by atoms with Crippen LogP contribution in [0, 0.1) is 5.92 Å². The van der Waals surface area contributed by atoms with Crippen LogP contribution in [0.3, 0.4) is 0 Å². The van der Waals surface area contributed by atoms with E-state index in [0.717, 1.165) is 5.56 Å². The van der Waals surface area contributed by atoms with Gasteiger partial charge in [-0.25, -0.2) is 4.79 Å². The Morgan fingerprint density at radius 2 is 1.78 bits per heavy atom. The van der Waals surface area contributed by atoms with Gasteiger partial charge < -0.3 is 14.6 Å². The number of carbonyl (C=O) groups is 2. The first-order valence-corrected chi connectivity index (χ1v) is 9.52. The molecule has 6 heteroatoms. The molecule has 1 aromatic carbocycles. The second-order valence-corrected chi connectivity index (χ2v) is 8.15. The first kappa shape index (κ1) is 21.2. The Hall–Kier alpha value is -2.08. The van der Waals surface area contributed by atoms with Crippen LogP contribution in [-0.2, 0) is 20.9 Å². The lowest BCUT2D eigenvalue weighted by Crippen LogP contribution is -2.47. The molecule has 0 spiro atoms. The first-order valence-electron chi connectivity index (χ1n) is 9.52. The molecule has 1 aliphatic heterocycles. The molecule has 27 heavy (non-hydrogen) atoms. The normalized spacial score (nSPS) is 25.4. The fourth-order valence-electron chi connectivity index (χ4n) is 3.80. The summed E-state index contributed by atoms with van der Waals surface area (Å²) in [7, 11) is 0. The maximum absolute atomic E-state index is 12.8. The van der Waals surface area contributed by atoms with Crippen molar-refractivity contribution >= 4 is 12.1 Å². The summed E-state index contributed by atoms with van der Waals surface area (Å²) in [6.07, 6.45) is -0.293. The zero-order valence-electron chi connectivity index (χ0n) is 16.8. The highest BCUT2D eigenvalue weighted by molar-refractivity contribution is 5.73. The van der Waals surface area contributed by atoms with Crippen molar-refractivity contribution < 1.29 is 24.2 Å². The standard InChI is InChI=1S/C21H31NO5/c1-6-16-14(2)19(26-13-15-10-8-7-9-11-15)17(12-18(23)24)22(16)20(25)27-21(3,4)5/h7-11,14,16-17,19H,6,12-13H2,1-5H3,(H,23,24)/t14-,16-,17-,19+/m1/s1. The molecule has 1 amide bonds. The summed E-state index contributed by atoms with van der Waals surface area (Å²) in [5.74, 6) is -0.943. The summed E-state index contributed by atoms with van der Waals surface area (Å²) in [6, 6.07) is 9.07. The number of amides is 1. The van der Waals surface area contributed by atoms with E-state index in [1.165, 1.54) is 0 Å². The van der Waals surface area contributed by atoms with Crippen molar-refractivity contribution in [1.29, 1.82) is 0 Å². The number of aliphatic carboxylic acids is 1. The molecule has 150 valence electrons. The molecule has 2 rings (SSSR count). The lowest BCUT2D eigenvalue weighted by atomic mass is 9.95. The van der Waals surface area contributed by atoms with Gasteiger partial charge in [-0.2, -0.15) is 0 Å². The molecule has 0 saturated carbocycles. The topological polar surface area (TPSA) is 76.1 Å². The Kier molecular flexibility index (Phi) is 6.87. The van der Waals surface area contributed by atoms with E-state index in [9.17, 15) is 14.7 Å². The highest BCUT2D eigenvalue weighted by atomic mass is 16.6. The predicted octanol–water partition coefficient (Wildman–Crippen LogP) is 4.08. The molecule has 1 heterocycles. The van der Waals surface area contributed by atoms with Crippen LogP contribution in [-0.4, -0.2) is 45.9 Å². The third kappa shape index (κ3) is 5.45. The van der Waals surface area contributed by atoms with E-state index >= 15 is 0 Å². The van der Waals surface area contributed by atoms with Crippen LogP contribution >= 0.6 is 0 Å². The van der Waals surface area contributed by atoms with Gasteiger partial charge in [-0.05, 0) is 32.8 Å². The maximum atomic E-state index is 12.8. The van der Waals surface area contributed by atoms with Gasteiger partial charge in [0.25, 0.3) is 0 Å². The van der Waals surface area contributed by atoms with E-state index < -0.39 is 23.7 Å². The fraction of sp³-hybridized carbons (Fsp3) is 0.619. The predicted molar refractivity (Wildman–Crippen MR) is 102 cm³/mol. The Morgan fingerprint density at radius 1 is 1.15 bits per heavy atom. The minimum Gasteiger partial charge on any atom is -0.481 e. The lowest BCUT2D eigenvalue weighted by Gasteiger charge is -2.32. The molecule has 0 unspecified atom stereocenters. The molecule has 1 fully saturated rings. The number of carboxylic acid groups (broad SMARTS) is 1. The largest absolute Gasteiger partial charge is 0.481 e. The van der Waals surface area contributed by atoms with Crippen LogP contribution in [0.25, 0.3) is 0 Å². The zero-order valence-corrected chi connectivity index (χ0v) is 16.8. The number of hydrogen-bond donors (Lipinski definition) is 1. The van der Waals surface area contributed by atoms with E-state index in [4.69, 9.17) is 9.47 Å². The molecule has 0 aliphatic carbocycles. The summed E-state index contributed by atoms with van der Waals surface area (Å²) >= 11 is 0. The SMILES string of the molecule is CC[C@@H]1[C@@H](C)[C@H](OCc2ccccc2)[C@@H](CC(=O)O)N1C(=O)OC(C)(C)C. The third-order valence-electron chi connectivity index (χ3n) is 4.91. The van der Waals surface area contributed by atoms with Crippen molar-refractivity contribution in [2.75, 3.05) is 0 Å². The van der Waals surface area contributed by atoms with E-state index in [-0.39, 0.29) is 24.5 Å². The van der Waals surface area contributed by atoms with Gasteiger partial charge in [0, 0.05) is 12.0 Å². The van der Waals surface area contributed by atoms with E-state index in [0.29, 0.717) is 13.0 Å². The van der Waals surface area contributed by atoms with E-state index in [1.807, 2.05) is 44.2 Å². The Bertz CT molecular complexity index is 640. The van der Waals surface area contributed by atoms with Crippen LogP contribution in [0.4, 0.5) is 4.79 Å². The van der Waals surface area contributed by atoms with Gasteiger partial charge in [0.15, 0.2) is 0 Å². The highest BCUT2D eigenvalue weighted by Crippen LogP contribution is 2.37. The second-order valence-electron chi connectivity index (χ2n) is 8.15. The van der Waals surface area contributed by atoms with Gasteiger partial charge in [-0.15, -0.1) is 0 Å². The molecular formula is C21H31NO5. The number of carboxylic acids is 1. The number of likely N-dealkylation sites (tertiary alicyclic amines) is 1. The van der Waals surface area contributed by atoms with Crippen molar-refractivity contribution in [3.8, 4) is 0 Å². The Morgan fingerprint density at radius 3 is 2.30 bits per heavy atom. The molecule has 0 bridgehead atoms. The van der Waals surface area contributed by atoms with Gasteiger partial charge in [0.05, 0.1) is 25.2 Å². The molecule has 1 aromatic rings. The zero-order chi connectivity index (χ0) is 20.2. The second kappa shape index (κ2) is 8.74. The van der Waals surface area contributed by atoms with Gasteiger partial charge in [-0.1, -0.05) is 44.2 Å². The van der Waals surface area contributed by atoms with E-state index in [1.54, 1.807) is 25.7 Å². The minimum absolute atomic E-state index is 0.00980. The van der Waals surface area contributed by atoms with Crippen molar-refractivity contribution in [3.05, 3.63) is 35.9 Å². The molecule has 0 aromatic heterocycles. The number of hydrogen-bond acceptors (Lipinski definition) is 4. The van der Waals surface area contributed by atoms with Crippen molar-refractivity contribution in [2.24, 2.45) is 5.92 Å². The Balaban J connectivity index is 2.25. The summed E-state index contributed by atoms with van der Waals surface area (Å²) in [4.78, 5) is 25.9. The smallest absolute Gasteiger partial charge is 0.410 e. The molecule has 1 N–H and O–H groups in total. The summed E-state index contributed by atoms with van der Waals surface area (Å²) < 4.78 is 11.7. The quantitative estimate of drug-likeness (QED) is 0.808. The van der Waals surface area contributed by atoms with Crippen LogP contribution in [0.2, 0.25) is 0 Å². The van der Waals surface area contributed by atoms with Gasteiger partial charge in [-0.3, -0.25) is 9.69 Å². The average Bonchev–Trinajstić information content (AvgIpc) is 2.83. The number of ether oxygens (including phenoxy) is 2. The Labute approximate surface area is 161 Å². The van der Waals surface area contributed by atoms with Gasteiger partial charge in [0.2, 0.25) is 0 Å². The molecule has 0 radical (unpaired) electrons.